The Morgan fingerprint density at radius 2 is 1.85 bits per heavy atom. The highest BCUT2D eigenvalue weighted by Gasteiger charge is 2.40. The fourth-order valence-electron chi connectivity index (χ4n) is 4.08. The number of benzene rings is 1. The highest BCUT2D eigenvalue weighted by atomic mass is 32.2. The smallest absolute Gasteiger partial charge is 0.243 e. The van der Waals surface area contributed by atoms with Crippen molar-refractivity contribution < 1.29 is 22.5 Å². The Morgan fingerprint density at radius 3 is 2.62 bits per heavy atom. The molecule has 2 saturated heterocycles. The minimum absolute atomic E-state index is 0.145. The first-order valence-corrected chi connectivity index (χ1v) is 10.4. The Balaban J connectivity index is 1.63. The average molecular weight is 381 g/mol. The van der Waals surface area contributed by atoms with E-state index >= 15 is 0 Å². The quantitative estimate of drug-likeness (QED) is 0.865. The van der Waals surface area contributed by atoms with Crippen molar-refractivity contribution in [3.8, 4) is 0 Å². The number of nitrogens with one attached hydrogen (secondary N) is 1. The molecular weight excluding hydrogens is 358 g/mol. The van der Waals surface area contributed by atoms with E-state index < -0.39 is 10.0 Å². The Morgan fingerprint density at radius 1 is 1.12 bits per heavy atom. The first kappa shape index (κ1) is 17.8. The zero-order valence-corrected chi connectivity index (χ0v) is 15.8. The predicted octanol–water partition coefficient (Wildman–Crippen LogP) is 1.85. The minimum Gasteiger partial charge on any atom is -0.381 e. The topological polar surface area (TPSA) is 104 Å². The summed E-state index contributed by atoms with van der Waals surface area (Å²) in [6, 6.07) is 1.62. The maximum absolute atomic E-state index is 13.1. The van der Waals surface area contributed by atoms with Crippen LogP contribution in [0, 0.1) is 13.8 Å². The molecule has 0 radical (unpaired) electrons. The first-order valence-electron chi connectivity index (χ1n) is 8.87. The van der Waals surface area contributed by atoms with E-state index in [0.29, 0.717) is 43.7 Å². The van der Waals surface area contributed by atoms with Crippen LogP contribution >= 0.6 is 0 Å². The number of sulfonamides is 1. The lowest BCUT2D eigenvalue weighted by molar-refractivity contribution is -0.138. The zero-order chi connectivity index (χ0) is 18.4. The average Bonchev–Trinajstić information content (AvgIpc) is 3.04. The fraction of sp³-hybridized carbons (Fsp3) is 0.647. The standard InChI is InChI=1S/C17H23N3O5S/c1-11-9-12(2)16(15-14(11)18-25-19-15)26(21,22)20-13-3-6-24-17(10-13)4-7-23-8-5-17/h9,13,20H,3-8,10H2,1-2H3. The summed E-state index contributed by atoms with van der Waals surface area (Å²) in [5, 5.41) is 7.67. The van der Waals surface area contributed by atoms with Gasteiger partial charge in [-0.05, 0) is 61.0 Å². The molecular formula is C17H23N3O5S. The molecule has 0 bridgehead atoms. The maximum Gasteiger partial charge on any atom is 0.243 e. The van der Waals surface area contributed by atoms with Crippen molar-refractivity contribution in [2.75, 3.05) is 19.8 Å². The van der Waals surface area contributed by atoms with E-state index in [1.54, 1.807) is 13.0 Å². The molecule has 1 aromatic heterocycles. The van der Waals surface area contributed by atoms with Gasteiger partial charge in [0.25, 0.3) is 0 Å². The summed E-state index contributed by atoms with van der Waals surface area (Å²) in [7, 11) is -3.76. The van der Waals surface area contributed by atoms with Crippen molar-refractivity contribution >= 4 is 21.1 Å². The molecule has 0 amide bonds. The first-order chi connectivity index (χ1) is 12.4. The highest BCUT2D eigenvalue weighted by molar-refractivity contribution is 7.89. The van der Waals surface area contributed by atoms with Crippen LogP contribution in [0.5, 0.6) is 0 Å². The van der Waals surface area contributed by atoms with Crippen molar-refractivity contribution in [2.45, 2.75) is 56.1 Å². The normalized spacial score (nSPS) is 23.5. The lowest BCUT2D eigenvalue weighted by Gasteiger charge is -2.43. The summed E-state index contributed by atoms with van der Waals surface area (Å²) in [6.45, 7) is 5.47. The van der Waals surface area contributed by atoms with Gasteiger partial charge in [0.15, 0.2) is 5.52 Å². The lowest BCUT2D eigenvalue weighted by Crippen LogP contribution is -2.51. The van der Waals surface area contributed by atoms with E-state index in [0.717, 1.165) is 18.4 Å². The molecule has 8 nitrogen and oxygen atoms in total. The van der Waals surface area contributed by atoms with Crippen LogP contribution in [-0.2, 0) is 19.5 Å². The van der Waals surface area contributed by atoms with Crippen LogP contribution in [0.1, 0.15) is 36.8 Å². The van der Waals surface area contributed by atoms with E-state index in [4.69, 9.17) is 14.1 Å². The van der Waals surface area contributed by atoms with Crippen LogP contribution < -0.4 is 4.72 Å². The molecule has 142 valence electrons. The van der Waals surface area contributed by atoms with Gasteiger partial charge in [-0.3, -0.25) is 0 Å². The predicted molar refractivity (Wildman–Crippen MR) is 93.4 cm³/mol. The van der Waals surface area contributed by atoms with Crippen LogP contribution in [0.25, 0.3) is 11.0 Å². The van der Waals surface area contributed by atoms with Gasteiger partial charge >= 0.3 is 0 Å². The molecule has 1 unspecified atom stereocenters. The molecule has 1 spiro atoms. The van der Waals surface area contributed by atoms with Gasteiger partial charge in [0.2, 0.25) is 10.0 Å². The van der Waals surface area contributed by atoms with E-state index in [2.05, 4.69) is 15.0 Å². The van der Waals surface area contributed by atoms with Gasteiger partial charge in [0, 0.05) is 25.9 Å². The van der Waals surface area contributed by atoms with Crippen molar-refractivity contribution in [1.82, 2.24) is 15.0 Å². The molecule has 3 heterocycles. The molecule has 2 aromatic rings. The summed E-state index contributed by atoms with van der Waals surface area (Å²) >= 11 is 0. The number of rotatable bonds is 3. The van der Waals surface area contributed by atoms with Crippen LogP contribution in [0.15, 0.2) is 15.6 Å². The SMILES string of the molecule is Cc1cc(C)c2nonc2c1S(=O)(=O)NC1CCOC2(CCOCC2)C1. The molecule has 2 aliphatic heterocycles. The van der Waals surface area contributed by atoms with E-state index in [9.17, 15) is 8.42 Å². The third-order valence-corrected chi connectivity index (χ3v) is 7.05. The van der Waals surface area contributed by atoms with Crippen LogP contribution in [0.3, 0.4) is 0 Å². The molecule has 9 heteroatoms. The van der Waals surface area contributed by atoms with Crippen LogP contribution in [0.4, 0.5) is 0 Å². The molecule has 2 fully saturated rings. The van der Waals surface area contributed by atoms with Gasteiger partial charge < -0.3 is 9.47 Å². The summed E-state index contributed by atoms with van der Waals surface area (Å²) in [4.78, 5) is 0.145. The van der Waals surface area contributed by atoms with E-state index in [1.165, 1.54) is 0 Å². The van der Waals surface area contributed by atoms with E-state index in [-0.39, 0.29) is 22.1 Å². The number of nitrogens with zero attached hydrogens (tertiary/aromatic N) is 2. The van der Waals surface area contributed by atoms with Gasteiger partial charge in [0.1, 0.15) is 10.4 Å². The molecule has 1 aromatic carbocycles. The van der Waals surface area contributed by atoms with E-state index in [1.807, 2.05) is 6.92 Å². The molecule has 0 saturated carbocycles. The van der Waals surface area contributed by atoms with Gasteiger partial charge in [-0.1, -0.05) is 6.07 Å². The highest BCUT2D eigenvalue weighted by Crippen LogP contribution is 2.35. The zero-order valence-electron chi connectivity index (χ0n) is 14.9. The number of hydrogen-bond acceptors (Lipinski definition) is 7. The Bertz CT molecular complexity index is 912. The largest absolute Gasteiger partial charge is 0.381 e. The molecule has 4 rings (SSSR count). The molecule has 26 heavy (non-hydrogen) atoms. The van der Waals surface area contributed by atoms with Gasteiger partial charge in [-0.15, -0.1) is 0 Å². The summed E-state index contributed by atoms with van der Waals surface area (Å²) < 4.78 is 45.3. The van der Waals surface area contributed by atoms with Gasteiger partial charge in [-0.25, -0.2) is 17.8 Å². The summed E-state index contributed by atoms with van der Waals surface area (Å²) in [6.07, 6.45) is 2.89. The molecule has 1 N–H and O–H groups in total. The van der Waals surface area contributed by atoms with Crippen molar-refractivity contribution in [2.24, 2.45) is 0 Å². The maximum atomic E-state index is 13.1. The third kappa shape index (κ3) is 3.13. The number of hydrogen-bond donors (Lipinski definition) is 1. The molecule has 0 aliphatic carbocycles. The van der Waals surface area contributed by atoms with Crippen molar-refractivity contribution in [3.63, 3.8) is 0 Å². The fourth-order valence-corrected chi connectivity index (χ4v) is 5.71. The lowest BCUT2D eigenvalue weighted by atomic mass is 9.84. The second-order valence-electron chi connectivity index (χ2n) is 7.26. The second kappa shape index (κ2) is 6.56. The summed E-state index contributed by atoms with van der Waals surface area (Å²) in [5.41, 5.74) is 1.94. The van der Waals surface area contributed by atoms with Gasteiger partial charge in [0.05, 0.1) is 5.60 Å². The van der Waals surface area contributed by atoms with Crippen molar-refractivity contribution in [3.05, 3.63) is 17.2 Å². The summed E-state index contributed by atoms with van der Waals surface area (Å²) in [5.74, 6) is 0. The van der Waals surface area contributed by atoms with Gasteiger partial charge in [-0.2, -0.15) is 0 Å². The Kier molecular flexibility index (Phi) is 4.50. The Labute approximate surface area is 152 Å². The Hall–Kier alpha value is -1.55. The second-order valence-corrected chi connectivity index (χ2v) is 8.91. The number of ether oxygens (including phenoxy) is 2. The number of fused-ring (bicyclic) bond motifs is 1. The third-order valence-electron chi connectivity index (χ3n) is 5.36. The van der Waals surface area contributed by atoms with Crippen LogP contribution in [0.2, 0.25) is 0 Å². The molecule has 2 aliphatic rings. The van der Waals surface area contributed by atoms with Crippen molar-refractivity contribution in [1.29, 1.82) is 0 Å². The molecule has 1 atom stereocenters. The van der Waals surface area contributed by atoms with Crippen LogP contribution in [-0.4, -0.2) is 50.2 Å². The number of aromatic nitrogens is 2. The monoisotopic (exact) mass is 381 g/mol. The number of aryl methyl sites for hydroxylation is 2. The minimum atomic E-state index is -3.76.